The zero-order valence-corrected chi connectivity index (χ0v) is 11.0. The van der Waals surface area contributed by atoms with Gasteiger partial charge < -0.3 is 10.6 Å². The van der Waals surface area contributed by atoms with Crippen LogP contribution < -0.4 is 10.6 Å². The minimum Gasteiger partial charge on any atom is -0.388 e. The lowest BCUT2D eigenvalue weighted by Gasteiger charge is -2.06. The summed E-state index contributed by atoms with van der Waals surface area (Å²) < 4.78 is 0. The first-order valence-electron chi connectivity index (χ1n) is 6.39. The van der Waals surface area contributed by atoms with Crippen molar-refractivity contribution in [3.63, 3.8) is 0 Å². The maximum Gasteiger partial charge on any atom is 0.251 e. The lowest BCUT2D eigenvalue weighted by atomic mass is 10.1. The van der Waals surface area contributed by atoms with E-state index in [-0.39, 0.29) is 5.91 Å². The summed E-state index contributed by atoms with van der Waals surface area (Å²) in [6, 6.07) is 17.6. The summed E-state index contributed by atoms with van der Waals surface area (Å²) in [6.45, 7) is 0.649. The van der Waals surface area contributed by atoms with Crippen molar-refractivity contribution in [3.05, 3.63) is 65.7 Å². The molecule has 19 heavy (non-hydrogen) atoms. The van der Waals surface area contributed by atoms with Gasteiger partial charge in [-0.1, -0.05) is 30.3 Å². The molecule has 0 aliphatic rings. The van der Waals surface area contributed by atoms with Crippen molar-refractivity contribution in [2.45, 2.75) is 6.42 Å². The Morgan fingerprint density at radius 2 is 1.68 bits per heavy atom. The Bertz CT molecular complexity index is 520. The molecule has 0 heterocycles. The van der Waals surface area contributed by atoms with Crippen molar-refractivity contribution < 1.29 is 4.79 Å². The quantitative estimate of drug-likeness (QED) is 0.861. The molecular formula is C16H18N2O. The van der Waals surface area contributed by atoms with Crippen molar-refractivity contribution in [3.8, 4) is 0 Å². The number of hydrogen-bond acceptors (Lipinski definition) is 2. The van der Waals surface area contributed by atoms with E-state index < -0.39 is 0 Å². The van der Waals surface area contributed by atoms with Crippen molar-refractivity contribution in [2.24, 2.45) is 0 Å². The topological polar surface area (TPSA) is 41.1 Å². The van der Waals surface area contributed by atoms with Crippen LogP contribution in [0.2, 0.25) is 0 Å². The number of anilines is 1. The molecule has 0 aliphatic carbocycles. The summed E-state index contributed by atoms with van der Waals surface area (Å²) in [5, 5.41) is 5.95. The van der Waals surface area contributed by atoms with E-state index in [0.29, 0.717) is 12.1 Å². The van der Waals surface area contributed by atoms with Crippen LogP contribution in [0.25, 0.3) is 0 Å². The molecule has 0 saturated carbocycles. The SMILES string of the molecule is CNc1ccc(C(=O)NCCc2ccccc2)cc1. The fourth-order valence-corrected chi connectivity index (χ4v) is 1.86. The van der Waals surface area contributed by atoms with Gasteiger partial charge in [0.2, 0.25) is 0 Å². The number of hydrogen-bond donors (Lipinski definition) is 2. The van der Waals surface area contributed by atoms with Gasteiger partial charge in [-0.05, 0) is 36.2 Å². The Hall–Kier alpha value is -2.29. The van der Waals surface area contributed by atoms with Gasteiger partial charge in [-0.3, -0.25) is 4.79 Å². The second kappa shape index (κ2) is 6.59. The normalized spacial score (nSPS) is 9.95. The van der Waals surface area contributed by atoms with Gasteiger partial charge in [0.25, 0.3) is 5.91 Å². The third kappa shape index (κ3) is 3.85. The van der Waals surface area contributed by atoms with E-state index in [1.54, 1.807) is 0 Å². The molecule has 0 radical (unpaired) electrons. The maximum atomic E-state index is 11.9. The number of amides is 1. The Morgan fingerprint density at radius 1 is 1.00 bits per heavy atom. The van der Waals surface area contributed by atoms with Gasteiger partial charge in [-0.15, -0.1) is 0 Å². The molecule has 3 nitrogen and oxygen atoms in total. The van der Waals surface area contributed by atoms with Crippen molar-refractivity contribution in [2.75, 3.05) is 18.9 Å². The van der Waals surface area contributed by atoms with Crippen LogP contribution in [0.3, 0.4) is 0 Å². The molecule has 98 valence electrons. The second-order valence-corrected chi connectivity index (χ2v) is 4.32. The highest BCUT2D eigenvalue weighted by Crippen LogP contribution is 2.08. The minimum absolute atomic E-state index is 0.0291. The maximum absolute atomic E-state index is 11.9. The first-order chi connectivity index (χ1) is 9.29. The largest absolute Gasteiger partial charge is 0.388 e. The van der Waals surface area contributed by atoms with Crippen LogP contribution in [-0.2, 0) is 6.42 Å². The highest BCUT2D eigenvalue weighted by Gasteiger charge is 2.04. The van der Waals surface area contributed by atoms with Gasteiger partial charge in [0.15, 0.2) is 0 Å². The van der Waals surface area contributed by atoms with Gasteiger partial charge in [-0.25, -0.2) is 0 Å². The lowest BCUT2D eigenvalue weighted by molar-refractivity contribution is 0.0954. The standard InChI is InChI=1S/C16H18N2O/c1-17-15-9-7-14(8-10-15)16(19)18-12-11-13-5-3-2-4-6-13/h2-10,17H,11-12H2,1H3,(H,18,19). The zero-order valence-electron chi connectivity index (χ0n) is 11.0. The highest BCUT2D eigenvalue weighted by atomic mass is 16.1. The van der Waals surface area contributed by atoms with E-state index in [9.17, 15) is 4.79 Å². The van der Waals surface area contributed by atoms with E-state index in [1.165, 1.54) is 5.56 Å². The van der Waals surface area contributed by atoms with E-state index >= 15 is 0 Å². The van der Waals surface area contributed by atoms with E-state index in [1.807, 2.05) is 49.5 Å². The molecule has 0 bridgehead atoms. The van der Waals surface area contributed by atoms with Crippen molar-refractivity contribution in [1.29, 1.82) is 0 Å². The molecule has 0 fully saturated rings. The molecule has 2 N–H and O–H groups in total. The minimum atomic E-state index is -0.0291. The molecule has 0 saturated heterocycles. The molecule has 2 aromatic carbocycles. The van der Waals surface area contributed by atoms with E-state index in [4.69, 9.17) is 0 Å². The number of benzene rings is 2. The fourth-order valence-electron chi connectivity index (χ4n) is 1.86. The summed E-state index contributed by atoms with van der Waals surface area (Å²) in [7, 11) is 1.86. The van der Waals surface area contributed by atoms with Crippen LogP contribution in [0.4, 0.5) is 5.69 Å². The Labute approximate surface area is 113 Å². The molecule has 1 amide bonds. The predicted molar refractivity (Wildman–Crippen MR) is 78.5 cm³/mol. The molecule has 0 spiro atoms. The Kier molecular flexibility index (Phi) is 4.56. The summed E-state index contributed by atoms with van der Waals surface area (Å²) in [6.07, 6.45) is 0.848. The van der Waals surface area contributed by atoms with Crippen LogP contribution >= 0.6 is 0 Å². The molecule has 0 atom stereocenters. The number of nitrogens with one attached hydrogen (secondary N) is 2. The second-order valence-electron chi connectivity index (χ2n) is 4.32. The number of rotatable bonds is 5. The average Bonchev–Trinajstić information content (AvgIpc) is 2.48. The van der Waals surface area contributed by atoms with E-state index in [2.05, 4.69) is 22.8 Å². The molecule has 0 aromatic heterocycles. The Morgan fingerprint density at radius 3 is 2.32 bits per heavy atom. The lowest BCUT2D eigenvalue weighted by Crippen LogP contribution is -2.25. The van der Waals surface area contributed by atoms with Crippen LogP contribution in [0.1, 0.15) is 15.9 Å². The van der Waals surface area contributed by atoms with Crippen LogP contribution in [0.5, 0.6) is 0 Å². The third-order valence-electron chi connectivity index (χ3n) is 2.98. The molecule has 0 aliphatic heterocycles. The number of carbonyl (C=O) groups is 1. The first-order valence-corrected chi connectivity index (χ1v) is 6.39. The van der Waals surface area contributed by atoms with Crippen molar-refractivity contribution >= 4 is 11.6 Å². The third-order valence-corrected chi connectivity index (χ3v) is 2.98. The van der Waals surface area contributed by atoms with Gasteiger partial charge in [0.1, 0.15) is 0 Å². The first kappa shape index (κ1) is 13.1. The summed E-state index contributed by atoms with van der Waals surface area (Å²) in [5.41, 5.74) is 2.92. The highest BCUT2D eigenvalue weighted by molar-refractivity contribution is 5.94. The summed E-state index contributed by atoms with van der Waals surface area (Å²) in [5.74, 6) is -0.0291. The summed E-state index contributed by atoms with van der Waals surface area (Å²) >= 11 is 0. The Balaban J connectivity index is 1.84. The van der Waals surface area contributed by atoms with E-state index in [0.717, 1.165) is 12.1 Å². The fraction of sp³-hybridized carbons (Fsp3) is 0.188. The van der Waals surface area contributed by atoms with Gasteiger partial charge in [0, 0.05) is 24.8 Å². The molecule has 2 rings (SSSR count). The van der Waals surface area contributed by atoms with Crippen LogP contribution in [-0.4, -0.2) is 19.5 Å². The number of carbonyl (C=O) groups excluding carboxylic acids is 1. The zero-order chi connectivity index (χ0) is 13.5. The smallest absolute Gasteiger partial charge is 0.251 e. The van der Waals surface area contributed by atoms with Crippen LogP contribution in [0, 0.1) is 0 Å². The molecular weight excluding hydrogens is 236 g/mol. The van der Waals surface area contributed by atoms with Gasteiger partial charge in [-0.2, -0.15) is 0 Å². The molecule has 3 heteroatoms. The van der Waals surface area contributed by atoms with Crippen molar-refractivity contribution in [1.82, 2.24) is 5.32 Å². The van der Waals surface area contributed by atoms with Gasteiger partial charge >= 0.3 is 0 Å². The average molecular weight is 254 g/mol. The molecule has 0 unspecified atom stereocenters. The molecule has 2 aromatic rings. The van der Waals surface area contributed by atoms with Gasteiger partial charge in [0.05, 0.1) is 0 Å². The van der Waals surface area contributed by atoms with Crippen LogP contribution in [0.15, 0.2) is 54.6 Å². The predicted octanol–water partition coefficient (Wildman–Crippen LogP) is 2.70. The monoisotopic (exact) mass is 254 g/mol. The summed E-state index contributed by atoms with van der Waals surface area (Å²) in [4.78, 5) is 11.9.